The fraction of sp³-hybridized carbons (Fsp3) is 0.273. The summed E-state index contributed by atoms with van der Waals surface area (Å²) in [6, 6.07) is 8.64. The van der Waals surface area contributed by atoms with Crippen molar-refractivity contribution < 1.29 is 0 Å². The number of hydrogen-bond acceptors (Lipinski definition) is 3. The number of aromatic nitrogens is 3. The third-order valence-corrected chi connectivity index (χ3v) is 2.82. The SMILES string of the molecule is c1ccc2c(c1)CCNC2c1ncn[nH]1. The van der Waals surface area contributed by atoms with Crippen molar-refractivity contribution in [3.8, 4) is 0 Å². The molecule has 2 aromatic rings. The standard InChI is InChI=1S/C11H12N4/c1-2-4-9-8(3-1)5-6-12-10(9)11-13-7-14-15-11/h1-4,7,10,12H,5-6H2,(H,13,14,15). The molecule has 4 nitrogen and oxygen atoms in total. The molecule has 1 aromatic carbocycles. The monoisotopic (exact) mass is 200 g/mol. The molecule has 76 valence electrons. The molecule has 3 rings (SSSR count). The molecule has 1 aromatic heterocycles. The lowest BCUT2D eigenvalue weighted by Gasteiger charge is -2.24. The maximum Gasteiger partial charge on any atom is 0.145 e. The number of nitrogens with zero attached hydrogens (tertiary/aromatic N) is 2. The molecule has 4 heteroatoms. The van der Waals surface area contributed by atoms with Gasteiger partial charge in [-0.2, -0.15) is 5.10 Å². The number of H-pyrrole nitrogens is 1. The van der Waals surface area contributed by atoms with Crippen LogP contribution in [0.1, 0.15) is 23.0 Å². The Labute approximate surface area is 87.7 Å². The van der Waals surface area contributed by atoms with E-state index in [2.05, 4.69) is 44.8 Å². The second-order valence-electron chi connectivity index (χ2n) is 3.71. The van der Waals surface area contributed by atoms with Crippen molar-refractivity contribution in [3.63, 3.8) is 0 Å². The molecule has 0 bridgehead atoms. The Bertz CT molecular complexity index is 449. The largest absolute Gasteiger partial charge is 0.303 e. The highest BCUT2D eigenvalue weighted by Crippen LogP contribution is 2.25. The zero-order chi connectivity index (χ0) is 10.1. The molecule has 0 fully saturated rings. The van der Waals surface area contributed by atoms with Crippen molar-refractivity contribution in [1.82, 2.24) is 20.5 Å². The van der Waals surface area contributed by atoms with Crippen LogP contribution in [0.15, 0.2) is 30.6 Å². The molecule has 0 saturated carbocycles. The van der Waals surface area contributed by atoms with Crippen molar-refractivity contribution in [2.45, 2.75) is 12.5 Å². The molecule has 0 radical (unpaired) electrons. The van der Waals surface area contributed by atoms with Gasteiger partial charge in [0.05, 0.1) is 6.04 Å². The van der Waals surface area contributed by atoms with Gasteiger partial charge in [0, 0.05) is 6.54 Å². The highest BCUT2D eigenvalue weighted by atomic mass is 15.2. The van der Waals surface area contributed by atoms with E-state index in [0.29, 0.717) is 0 Å². The first-order chi connectivity index (χ1) is 7.45. The van der Waals surface area contributed by atoms with E-state index in [-0.39, 0.29) is 6.04 Å². The molecule has 0 amide bonds. The molecule has 2 heterocycles. The molecule has 2 N–H and O–H groups in total. The van der Waals surface area contributed by atoms with Crippen molar-refractivity contribution in [1.29, 1.82) is 0 Å². The van der Waals surface area contributed by atoms with Crippen LogP contribution in [0, 0.1) is 0 Å². The molecule has 1 aliphatic heterocycles. The minimum Gasteiger partial charge on any atom is -0.303 e. The van der Waals surface area contributed by atoms with Gasteiger partial charge in [-0.05, 0) is 17.5 Å². The lowest BCUT2D eigenvalue weighted by molar-refractivity contribution is 0.545. The normalized spacial score (nSPS) is 19.9. The number of aromatic amines is 1. The predicted molar refractivity (Wildman–Crippen MR) is 56.4 cm³/mol. The molecule has 1 unspecified atom stereocenters. The topological polar surface area (TPSA) is 53.6 Å². The summed E-state index contributed by atoms with van der Waals surface area (Å²) in [5, 5.41) is 10.3. The van der Waals surface area contributed by atoms with E-state index in [0.717, 1.165) is 18.8 Å². The van der Waals surface area contributed by atoms with Crippen LogP contribution in [0.2, 0.25) is 0 Å². The second kappa shape index (κ2) is 3.47. The summed E-state index contributed by atoms with van der Waals surface area (Å²) in [7, 11) is 0. The molecular formula is C11H12N4. The van der Waals surface area contributed by atoms with Gasteiger partial charge in [-0.15, -0.1) is 0 Å². The highest BCUT2D eigenvalue weighted by molar-refractivity contribution is 5.35. The van der Waals surface area contributed by atoms with Crippen LogP contribution in [-0.4, -0.2) is 21.7 Å². The lowest BCUT2D eigenvalue weighted by Crippen LogP contribution is -2.31. The smallest absolute Gasteiger partial charge is 0.145 e. The third-order valence-electron chi connectivity index (χ3n) is 2.82. The third kappa shape index (κ3) is 1.43. The molecule has 0 saturated heterocycles. The Morgan fingerprint density at radius 3 is 3.07 bits per heavy atom. The maximum atomic E-state index is 4.21. The van der Waals surface area contributed by atoms with E-state index in [1.807, 2.05) is 0 Å². The zero-order valence-electron chi connectivity index (χ0n) is 8.27. The Kier molecular flexibility index (Phi) is 1.99. The molecule has 1 atom stereocenters. The van der Waals surface area contributed by atoms with Gasteiger partial charge in [0.15, 0.2) is 0 Å². The zero-order valence-corrected chi connectivity index (χ0v) is 8.27. The summed E-state index contributed by atoms with van der Waals surface area (Å²) < 4.78 is 0. The van der Waals surface area contributed by atoms with E-state index < -0.39 is 0 Å². The van der Waals surface area contributed by atoms with Gasteiger partial charge in [-0.25, -0.2) is 4.98 Å². The fourth-order valence-electron chi connectivity index (χ4n) is 2.10. The molecule has 0 spiro atoms. The van der Waals surface area contributed by atoms with E-state index in [4.69, 9.17) is 0 Å². The van der Waals surface area contributed by atoms with E-state index in [1.54, 1.807) is 6.33 Å². The minimum atomic E-state index is 0.164. The van der Waals surface area contributed by atoms with Crippen LogP contribution >= 0.6 is 0 Å². The van der Waals surface area contributed by atoms with Crippen LogP contribution < -0.4 is 5.32 Å². The van der Waals surface area contributed by atoms with E-state index in [9.17, 15) is 0 Å². The first-order valence-corrected chi connectivity index (χ1v) is 5.11. The number of nitrogens with one attached hydrogen (secondary N) is 2. The number of benzene rings is 1. The molecule has 1 aliphatic rings. The Hall–Kier alpha value is -1.68. The van der Waals surface area contributed by atoms with Gasteiger partial charge in [-0.3, -0.25) is 5.10 Å². The molecule has 15 heavy (non-hydrogen) atoms. The Morgan fingerprint density at radius 1 is 1.27 bits per heavy atom. The Balaban J connectivity index is 2.06. The van der Waals surface area contributed by atoms with Crippen LogP contribution in [0.3, 0.4) is 0 Å². The van der Waals surface area contributed by atoms with Crippen molar-refractivity contribution in [2.75, 3.05) is 6.54 Å². The Morgan fingerprint density at radius 2 is 2.20 bits per heavy atom. The second-order valence-corrected chi connectivity index (χ2v) is 3.71. The van der Waals surface area contributed by atoms with Gasteiger partial charge in [0.25, 0.3) is 0 Å². The van der Waals surface area contributed by atoms with E-state index in [1.165, 1.54) is 11.1 Å². The van der Waals surface area contributed by atoms with Crippen LogP contribution in [-0.2, 0) is 6.42 Å². The lowest BCUT2D eigenvalue weighted by atomic mass is 9.94. The van der Waals surface area contributed by atoms with Gasteiger partial charge in [-0.1, -0.05) is 24.3 Å². The van der Waals surface area contributed by atoms with E-state index >= 15 is 0 Å². The van der Waals surface area contributed by atoms with Crippen LogP contribution in [0.5, 0.6) is 0 Å². The quantitative estimate of drug-likeness (QED) is 0.723. The van der Waals surface area contributed by atoms with Gasteiger partial charge < -0.3 is 5.32 Å². The first kappa shape index (κ1) is 8.61. The van der Waals surface area contributed by atoms with Gasteiger partial charge in [0.1, 0.15) is 12.2 Å². The first-order valence-electron chi connectivity index (χ1n) is 5.11. The van der Waals surface area contributed by atoms with Gasteiger partial charge >= 0.3 is 0 Å². The average molecular weight is 200 g/mol. The summed E-state index contributed by atoms with van der Waals surface area (Å²) in [5.74, 6) is 0.891. The summed E-state index contributed by atoms with van der Waals surface area (Å²) in [5.41, 5.74) is 2.71. The summed E-state index contributed by atoms with van der Waals surface area (Å²) in [6.07, 6.45) is 2.63. The van der Waals surface area contributed by atoms with Crippen LogP contribution in [0.4, 0.5) is 0 Å². The average Bonchev–Trinajstić information content (AvgIpc) is 2.82. The number of rotatable bonds is 1. The number of hydrogen-bond donors (Lipinski definition) is 2. The fourth-order valence-corrected chi connectivity index (χ4v) is 2.10. The van der Waals surface area contributed by atoms with Crippen LogP contribution in [0.25, 0.3) is 0 Å². The maximum absolute atomic E-state index is 4.21. The van der Waals surface area contributed by atoms with Crippen molar-refractivity contribution in [3.05, 3.63) is 47.5 Å². The summed E-state index contributed by atoms with van der Waals surface area (Å²) in [6.45, 7) is 0.988. The van der Waals surface area contributed by atoms with Gasteiger partial charge in [0.2, 0.25) is 0 Å². The summed E-state index contributed by atoms with van der Waals surface area (Å²) in [4.78, 5) is 4.21. The van der Waals surface area contributed by atoms with Crippen molar-refractivity contribution >= 4 is 0 Å². The summed E-state index contributed by atoms with van der Waals surface area (Å²) >= 11 is 0. The molecular weight excluding hydrogens is 188 g/mol. The highest BCUT2D eigenvalue weighted by Gasteiger charge is 2.22. The molecule has 0 aliphatic carbocycles. The number of fused-ring (bicyclic) bond motifs is 1. The minimum absolute atomic E-state index is 0.164. The van der Waals surface area contributed by atoms with Crippen molar-refractivity contribution in [2.24, 2.45) is 0 Å². The predicted octanol–water partition coefficient (Wildman–Crippen LogP) is 1.04.